The molecule has 3 heteroatoms. The van der Waals surface area contributed by atoms with Gasteiger partial charge in [-0.25, -0.2) is 4.98 Å². The Labute approximate surface area is 109 Å². The van der Waals surface area contributed by atoms with Crippen LogP contribution in [0.5, 0.6) is 0 Å². The van der Waals surface area contributed by atoms with Gasteiger partial charge in [0.1, 0.15) is 5.65 Å². The fourth-order valence-corrected chi connectivity index (χ4v) is 2.18. The zero-order valence-corrected chi connectivity index (χ0v) is 11.4. The summed E-state index contributed by atoms with van der Waals surface area (Å²) in [6.07, 6.45) is 7.79. The number of rotatable bonds is 7. The van der Waals surface area contributed by atoms with Gasteiger partial charge in [-0.15, -0.1) is 0 Å². The van der Waals surface area contributed by atoms with Gasteiger partial charge < -0.3 is 10.3 Å². The van der Waals surface area contributed by atoms with Gasteiger partial charge in [0.05, 0.1) is 0 Å². The fourth-order valence-electron chi connectivity index (χ4n) is 2.18. The van der Waals surface area contributed by atoms with Crippen molar-refractivity contribution in [3.63, 3.8) is 0 Å². The second-order valence-corrected chi connectivity index (χ2v) is 5.28. The molecule has 2 N–H and O–H groups in total. The second-order valence-electron chi connectivity index (χ2n) is 5.28. The molecule has 3 nitrogen and oxygen atoms in total. The lowest BCUT2D eigenvalue weighted by atomic mass is 10.1. The first-order valence-corrected chi connectivity index (χ1v) is 6.89. The van der Waals surface area contributed by atoms with Crippen LogP contribution in [0.2, 0.25) is 0 Å². The molecule has 0 radical (unpaired) electrons. The largest absolute Gasteiger partial charge is 0.346 e. The summed E-state index contributed by atoms with van der Waals surface area (Å²) >= 11 is 0. The summed E-state index contributed by atoms with van der Waals surface area (Å²) in [5, 5.41) is 4.73. The van der Waals surface area contributed by atoms with Crippen LogP contribution < -0.4 is 5.32 Å². The molecule has 0 unspecified atom stereocenters. The van der Waals surface area contributed by atoms with E-state index in [1.54, 1.807) is 0 Å². The van der Waals surface area contributed by atoms with E-state index in [2.05, 4.69) is 41.4 Å². The topological polar surface area (TPSA) is 40.7 Å². The molecule has 0 fully saturated rings. The number of H-pyrrole nitrogens is 1. The average molecular weight is 245 g/mol. The quantitative estimate of drug-likeness (QED) is 0.733. The number of unbranched alkanes of at least 4 members (excludes halogenated alkanes) is 1. The smallest absolute Gasteiger partial charge is 0.137 e. The Morgan fingerprint density at radius 1 is 1.33 bits per heavy atom. The Kier molecular flexibility index (Phi) is 4.76. The SMILES string of the molecule is CC(C)CCCCNCc1c[nH]c2ncccc12. The molecule has 98 valence electrons. The van der Waals surface area contributed by atoms with Gasteiger partial charge in [-0.1, -0.05) is 26.7 Å². The fraction of sp³-hybridized carbons (Fsp3) is 0.533. The molecule has 0 atom stereocenters. The molecular formula is C15H23N3. The van der Waals surface area contributed by atoms with Crippen molar-refractivity contribution in [3.8, 4) is 0 Å². The minimum Gasteiger partial charge on any atom is -0.346 e. The third-order valence-corrected chi connectivity index (χ3v) is 3.24. The molecule has 2 heterocycles. The van der Waals surface area contributed by atoms with E-state index in [9.17, 15) is 0 Å². The van der Waals surface area contributed by atoms with Gasteiger partial charge in [-0.2, -0.15) is 0 Å². The minimum absolute atomic E-state index is 0.824. The van der Waals surface area contributed by atoms with E-state index in [0.29, 0.717) is 0 Å². The maximum absolute atomic E-state index is 4.30. The van der Waals surface area contributed by atoms with E-state index in [-0.39, 0.29) is 0 Å². The molecule has 0 amide bonds. The van der Waals surface area contributed by atoms with Gasteiger partial charge in [-0.3, -0.25) is 0 Å². The van der Waals surface area contributed by atoms with Crippen molar-refractivity contribution in [2.75, 3.05) is 6.54 Å². The first kappa shape index (κ1) is 13.1. The molecule has 0 bridgehead atoms. The van der Waals surface area contributed by atoms with Gasteiger partial charge in [-0.05, 0) is 36.6 Å². The van der Waals surface area contributed by atoms with Crippen molar-refractivity contribution in [2.24, 2.45) is 5.92 Å². The summed E-state index contributed by atoms with van der Waals surface area (Å²) in [5.74, 6) is 0.824. The normalized spacial score (nSPS) is 11.5. The Bertz CT molecular complexity index is 473. The maximum atomic E-state index is 4.30. The summed E-state index contributed by atoms with van der Waals surface area (Å²) < 4.78 is 0. The number of fused-ring (bicyclic) bond motifs is 1. The predicted octanol–water partition coefficient (Wildman–Crippen LogP) is 3.48. The van der Waals surface area contributed by atoms with Crippen LogP contribution in [0.4, 0.5) is 0 Å². The van der Waals surface area contributed by atoms with Crippen molar-refractivity contribution in [1.29, 1.82) is 0 Å². The van der Waals surface area contributed by atoms with Crippen LogP contribution in [-0.2, 0) is 6.54 Å². The molecule has 2 aromatic heterocycles. The van der Waals surface area contributed by atoms with Crippen LogP contribution >= 0.6 is 0 Å². The molecule has 0 spiro atoms. The summed E-state index contributed by atoms with van der Waals surface area (Å²) in [7, 11) is 0. The van der Waals surface area contributed by atoms with Crippen LogP contribution in [0.3, 0.4) is 0 Å². The van der Waals surface area contributed by atoms with Crippen LogP contribution in [-0.4, -0.2) is 16.5 Å². The van der Waals surface area contributed by atoms with Crippen LogP contribution in [0.15, 0.2) is 24.5 Å². The molecule has 0 saturated carbocycles. The maximum Gasteiger partial charge on any atom is 0.137 e. The average Bonchev–Trinajstić information content (AvgIpc) is 2.77. The molecule has 2 aromatic rings. The molecule has 0 saturated heterocycles. The lowest BCUT2D eigenvalue weighted by Crippen LogP contribution is -2.14. The van der Waals surface area contributed by atoms with Crippen molar-refractivity contribution in [1.82, 2.24) is 15.3 Å². The van der Waals surface area contributed by atoms with Crippen LogP contribution in [0.25, 0.3) is 11.0 Å². The molecule has 2 rings (SSSR count). The number of pyridine rings is 1. The van der Waals surface area contributed by atoms with E-state index in [1.165, 1.54) is 30.2 Å². The van der Waals surface area contributed by atoms with Gasteiger partial charge in [0.25, 0.3) is 0 Å². The number of nitrogens with zero attached hydrogens (tertiary/aromatic N) is 1. The Morgan fingerprint density at radius 2 is 2.22 bits per heavy atom. The van der Waals surface area contributed by atoms with E-state index in [0.717, 1.165) is 24.7 Å². The van der Waals surface area contributed by atoms with E-state index < -0.39 is 0 Å². The molecule has 0 aliphatic heterocycles. The van der Waals surface area contributed by atoms with E-state index in [1.807, 2.05) is 12.3 Å². The van der Waals surface area contributed by atoms with Crippen molar-refractivity contribution < 1.29 is 0 Å². The highest BCUT2D eigenvalue weighted by Crippen LogP contribution is 2.15. The Balaban J connectivity index is 1.74. The highest BCUT2D eigenvalue weighted by Gasteiger charge is 2.02. The highest BCUT2D eigenvalue weighted by atomic mass is 14.9. The number of hydrogen-bond acceptors (Lipinski definition) is 2. The summed E-state index contributed by atoms with van der Waals surface area (Å²) in [6, 6.07) is 4.11. The predicted molar refractivity (Wildman–Crippen MR) is 76.5 cm³/mol. The van der Waals surface area contributed by atoms with E-state index in [4.69, 9.17) is 0 Å². The van der Waals surface area contributed by atoms with Crippen molar-refractivity contribution in [3.05, 3.63) is 30.1 Å². The number of aromatic amines is 1. The second kappa shape index (κ2) is 6.55. The van der Waals surface area contributed by atoms with Gasteiger partial charge >= 0.3 is 0 Å². The number of hydrogen-bond donors (Lipinski definition) is 2. The molecular weight excluding hydrogens is 222 g/mol. The molecule has 18 heavy (non-hydrogen) atoms. The van der Waals surface area contributed by atoms with Crippen molar-refractivity contribution >= 4 is 11.0 Å². The van der Waals surface area contributed by atoms with Crippen LogP contribution in [0.1, 0.15) is 38.7 Å². The third kappa shape index (κ3) is 3.57. The first-order valence-electron chi connectivity index (χ1n) is 6.89. The van der Waals surface area contributed by atoms with Gasteiger partial charge in [0.15, 0.2) is 0 Å². The monoisotopic (exact) mass is 245 g/mol. The molecule has 0 aliphatic carbocycles. The number of aromatic nitrogens is 2. The van der Waals surface area contributed by atoms with E-state index >= 15 is 0 Å². The number of nitrogens with one attached hydrogen (secondary N) is 2. The van der Waals surface area contributed by atoms with Gasteiger partial charge in [0.2, 0.25) is 0 Å². The summed E-state index contributed by atoms with van der Waals surface area (Å²) in [5.41, 5.74) is 2.29. The van der Waals surface area contributed by atoms with Crippen LogP contribution in [0, 0.1) is 5.92 Å². The lowest BCUT2D eigenvalue weighted by Gasteiger charge is -2.05. The summed E-state index contributed by atoms with van der Waals surface area (Å²) in [6.45, 7) is 6.59. The zero-order chi connectivity index (χ0) is 12.8. The lowest BCUT2D eigenvalue weighted by molar-refractivity contribution is 0.521. The zero-order valence-electron chi connectivity index (χ0n) is 11.4. The first-order chi connectivity index (χ1) is 8.77. The van der Waals surface area contributed by atoms with Crippen molar-refractivity contribution in [2.45, 2.75) is 39.7 Å². The summed E-state index contributed by atoms with van der Waals surface area (Å²) in [4.78, 5) is 7.50. The Hall–Kier alpha value is -1.35. The third-order valence-electron chi connectivity index (χ3n) is 3.24. The molecule has 0 aliphatic rings. The molecule has 0 aromatic carbocycles. The minimum atomic E-state index is 0.824. The Morgan fingerprint density at radius 3 is 3.06 bits per heavy atom. The van der Waals surface area contributed by atoms with Gasteiger partial charge in [0, 0.05) is 24.3 Å². The standard InChI is InChI=1S/C15H23N3/c1-12(2)6-3-4-8-16-10-13-11-18-15-14(13)7-5-9-17-15/h5,7,9,11-12,16H,3-4,6,8,10H2,1-2H3,(H,17,18). The highest BCUT2D eigenvalue weighted by molar-refractivity contribution is 5.79.